The normalized spacial score (nSPS) is 24.5. The zero-order valence-electron chi connectivity index (χ0n) is 26.7. The lowest BCUT2D eigenvalue weighted by Gasteiger charge is -2.42. The predicted octanol–water partition coefficient (Wildman–Crippen LogP) is 5.85. The molecule has 9 nitrogen and oxygen atoms in total. The van der Waals surface area contributed by atoms with Gasteiger partial charge in [0.1, 0.15) is 6.04 Å². The minimum absolute atomic E-state index is 0.0843. The number of likely N-dealkylation sites (tertiary alicyclic amines) is 2. The lowest BCUT2D eigenvalue weighted by molar-refractivity contribution is -0.253. The Kier molecular flexibility index (Phi) is 10.6. The summed E-state index contributed by atoms with van der Waals surface area (Å²) in [5, 5.41) is 24.2. The number of amides is 2. The third-order valence-corrected chi connectivity index (χ3v) is 9.88. The van der Waals surface area contributed by atoms with Crippen molar-refractivity contribution in [1.82, 2.24) is 9.80 Å². The molecular formula is C36H39ClF3N3O6. The molecule has 0 radical (unpaired) electrons. The van der Waals surface area contributed by atoms with E-state index >= 15 is 0 Å². The molecule has 0 saturated carbocycles. The van der Waals surface area contributed by atoms with Crippen LogP contribution in [0.5, 0.6) is 0 Å². The fraction of sp³-hybridized carbons (Fsp3) is 0.444. The maximum atomic E-state index is 13.1. The van der Waals surface area contributed by atoms with Gasteiger partial charge in [-0.25, -0.2) is 0 Å². The standard InChI is InChI=1S/C36H39ClF3N3O6/c37-27-12-10-26(11-13-27)35(47)14-17-42(18-15-35)21-29-20-31(24-8-6-23(22-44)7-9-24)49-33(48-29)25-3-1-4-28(19-25)41-32(45)30-5-2-16-43(30)34(46)36(38,39)40/h1,3-4,6-13,19,29-31,33,44,47H,2,5,14-18,20-22H2,(H,41,45). The number of anilines is 1. The Hall–Kier alpha value is -3.52. The molecule has 3 aromatic rings. The van der Waals surface area contributed by atoms with Crippen molar-refractivity contribution >= 4 is 29.1 Å². The lowest BCUT2D eigenvalue weighted by Crippen LogP contribution is -2.48. The minimum atomic E-state index is -5.06. The lowest BCUT2D eigenvalue weighted by atomic mass is 9.84. The molecule has 6 rings (SSSR count). The highest BCUT2D eigenvalue weighted by Gasteiger charge is 2.47. The van der Waals surface area contributed by atoms with Crippen LogP contribution in [0.25, 0.3) is 0 Å². The van der Waals surface area contributed by atoms with Gasteiger partial charge in [0.05, 0.1) is 24.4 Å². The van der Waals surface area contributed by atoms with E-state index < -0.39 is 35.9 Å². The van der Waals surface area contributed by atoms with E-state index in [0.29, 0.717) is 66.5 Å². The summed E-state index contributed by atoms with van der Waals surface area (Å²) in [5.41, 5.74) is 2.51. The third-order valence-electron chi connectivity index (χ3n) is 9.63. The van der Waals surface area contributed by atoms with Crippen LogP contribution in [0.15, 0.2) is 72.8 Å². The number of halogens is 4. The number of carbonyl (C=O) groups is 2. The van der Waals surface area contributed by atoms with E-state index in [1.54, 1.807) is 36.4 Å². The van der Waals surface area contributed by atoms with Crippen molar-refractivity contribution in [1.29, 1.82) is 0 Å². The van der Waals surface area contributed by atoms with Crippen LogP contribution in [-0.4, -0.2) is 76.3 Å². The zero-order valence-corrected chi connectivity index (χ0v) is 27.5. The van der Waals surface area contributed by atoms with Gasteiger partial charge in [0.25, 0.3) is 0 Å². The first-order chi connectivity index (χ1) is 23.4. The molecule has 0 bridgehead atoms. The average Bonchev–Trinajstić information content (AvgIpc) is 3.59. The van der Waals surface area contributed by atoms with Gasteiger partial charge in [-0.1, -0.05) is 60.1 Å². The SMILES string of the molecule is O=C(Nc1cccc(C2OC(CN3CCC(O)(c4ccc(Cl)cc4)CC3)CC(c3ccc(CO)cc3)O2)c1)C1CCCN1C(=O)C(F)(F)F. The Bertz CT molecular complexity index is 1620. The topological polar surface area (TPSA) is 112 Å². The van der Waals surface area contributed by atoms with Crippen molar-refractivity contribution in [3.05, 3.63) is 100 Å². The van der Waals surface area contributed by atoms with E-state index in [4.69, 9.17) is 21.1 Å². The Morgan fingerprint density at radius 1 is 0.959 bits per heavy atom. The van der Waals surface area contributed by atoms with Gasteiger partial charge in [0.2, 0.25) is 5.91 Å². The number of hydrogen-bond donors (Lipinski definition) is 3. The van der Waals surface area contributed by atoms with E-state index in [-0.39, 0.29) is 31.8 Å². The molecule has 4 unspecified atom stereocenters. The van der Waals surface area contributed by atoms with E-state index in [9.17, 15) is 33.0 Å². The van der Waals surface area contributed by atoms with Gasteiger partial charge in [-0.3, -0.25) is 9.59 Å². The minimum Gasteiger partial charge on any atom is -0.392 e. The van der Waals surface area contributed by atoms with Crippen LogP contribution in [0.4, 0.5) is 18.9 Å². The van der Waals surface area contributed by atoms with Crippen molar-refractivity contribution in [2.45, 2.75) is 75.0 Å². The zero-order chi connectivity index (χ0) is 34.8. The second-order valence-electron chi connectivity index (χ2n) is 13.0. The first kappa shape index (κ1) is 35.3. The Balaban J connectivity index is 1.16. The molecule has 0 aliphatic carbocycles. The summed E-state index contributed by atoms with van der Waals surface area (Å²) in [4.78, 5) is 27.8. The maximum absolute atomic E-state index is 13.1. The van der Waals surface area contributed by atoms with Crippen LogP contribution in [0.2, 0.25) is 5.02 Å². The van der Waals surface area contributed by atoms with Crippen molar-refractivity contribution in [3.63, 3.8) is 0 Å². The highest BCUT2D eigenvalue weighted by Crippen LogP contribution is 2.40. The maximum Gasteiger partial charge on any atom is 0.471 e. The third kappa shape index (κ3) is 8.28. The second-order valence-corrected chi connectivity index (χ2v) is 13.4. The van der Waals surface area contributed by atoms with Gasteiger partial charge >= 0.3 is 12.1 Å². The molecule has 0 aromatic heterocycles. The number of rotatable bonds is 8. The summed E-state index contributed by atoms with van der Waals surface area (Å²) < 4.78 is 52.3. The molecule has 262 valence electrons. The molecule has 4 atom stereocenters. The van der Waals surface area contributed by atoms with Gasteiger partial charge in [-0.2, -0.15) is 13.2 Å². The summed E-state index contributed by atoms with van der Waals surface area (Å²) in [6.07, 6.45) is -4.44. The number of hydrogen-bond acceptors (Lipinski definition) is 7. The molecule has 49 heavy (non-hydrogen) atoms. The molecule has 3 N–H and O–H groups in total. The van der Waals surface area contributed by atoms with Gasteiger partial charge in [-0.05, 0) is 66.6 Å². The molecule has 3 saturated heterocycles. The van der Waals surface area contributed by atoms with E-state index in [0.717, 1.165) is 16.7 Å². The van der Waals surface area contributed by atoms with Crippen LogP contribution in [-0.2, 0) is 31.3 Å². The van der Waals surface area contributed by atoms with Gasteiger partial charge < -0.3 is 34.8 Å². The number of nitrogens with zero attached hydrogens (tertiary/aromatic N) is 2. The molecular weight excluding hydrogens is 663 g/mol. The van der Waals surface area contributed by atoms with Crippen molar-refractivity contribution in [2.24, 2.45) is 0 Å². The first-order valence-corrected chi connectivity index (χ1v) is 16.8. The summed E-state index contributed by atoms with van der Waals surface area (Å²) in [6.45, 7) is 1.66. The smallest absolute Gasteiger partial charge is 0.392 e. The summed E-state index contributed by atoms with van der Waals surface area (Å²) >= 11 is 6.05. The summed E-state index contributed by atoms with van der Waals surface area (Å²) in [6, 6.07) is 20.3. The second kappa shape index (κ2) is 14.8. The van der Waals surface area contributed by atoms with Gasteiger partial charge in [0.15, 0.2) is 6.29 Å². The fourth-order valence-electron chi connectivity index (χ4n) is 6.91. The largest absolute Gasteiger partial charge is 0.471 e. The average molecular weight is 702 g/mol. The molecule has 3 fully saturated rings. The Labute approximate surface area is 287 Å². The Morgan fingerprint density at radius 2 is 1.67 bits per heavy atom. The molecule has 3 aliphatic heterocycles. The van der Waals surface area contributed by atoms with E-state index in [1.165, 1.54) is 0 Å². The molecule has 3 aromatic carbocycles. The summed E-state index contributed by atoms with van der Waals surface area (Å²) in [7, 11) is 0. The van der Waals surface area contributed by atoms with E-state index in [1.807, 2.05) is 36.4 Å². The summed E-state index contributed by atoms with van der Waals surface area (Å²) in [5.74, 6) is -2.71. The van der Waals surface area contributed by atoms with Crippen LogP contribution < -0.4 is 5.32 Å². The van der Waals surface area contributed by atoms with Crippen LogP contribution >= 0.6 is 11.6 Å². The number of carbonyl (C=O) groups excluding carboxylic acids is 2. The molecule has 13 heteroatoms. The highest BCUT2D eigenvalue weighted by atomic mass is 35.5. The number of ether oxygens (including phenoxy) is 2. The van der Waals surface area contributed by atoms with E-state index in [2.05, 4.69) is 10.2 Å². The van der Waals surface area contributed by atoms with Crippen molar-refractivity contribution in [2.75, 3.05) is 31.5 Å². The van der Waals surface area contributed by atoms with Crippen LogP contribution in [0.3, 0.4) is 0 Å². The monoisotopic (exact) mass is 701 g/mol. The first-order valence-electron chi connectivity index (χ1n) is 16.4. The fourth-order valence-corrected chi connectivity index (χ4v) is 7.04. The van der Waals surface area contributed by atoms with Crippen LogP contribution in [0.1, 0.15) is 66.8 Å². The number of aliphatic hydroxyl groups excluding tert-OH is 1. The number of aliphatic hydroxyl groups is 2. The number of nitrogens with one attached hydrogen (secondary N) is 1. The van der Waals surface area contributed by atoms with Gasteiger partial charge in [-0.15, -0.1) is 0 Å². The van der Waals surface area contributed by atoms with Crippen molar-refractivity contribution in [3.8, 4) is 0 Å². The molecule has 3 heterocycles. The Morgan fingerprint density at radius 3 is 2.35 bits per heavy atom. The molecule has 3 aliphatic rings. The quantitative estimate of drug-likeness (QED) is 0.270. The molecule has 2 amide bonds. The predicted molar refractivity (Wildman–Crippen MR) is 175 cm³/mol. The van der Waals surface area contributed by atoms with Crippen molar-refractivity contribution < 1.29 is 42.4 Å². The van der Waals surface area contributed by atoms with Gasteiger partial charge in [0, 0.05) is 48.9 Å². The number of piperidine rings is 1. The number of benzene rings is 3. The number of alkyl halides is 3. The highest BCUT2D eigenvalue weighted by molar-refractivity contribution is 6.30. The van der Waals surface area contributed by atoms with Crippen LogP contribution in [0, 0.1) is 0 Å². The molecule has 0 spiro atoms.